The molecule has 2 fully saturated rings. The molecule has 5 atom stereocenters. The van der Waals surface area contributed by atoms with Crippen molar-refractivity contribution in [2.75, 3.05) is 69.7 Å². The van der Waals surface area contributed by atoms with Crippen LogP contribution in [0.25, 0.3) is 10.8 Å². The smallest absolute Gasteiger partial charge is 0.320 e. The average molecular weight is 965 g/mol. The van der Waals surface area contributed by atoms with Crippen LogP contribution in [-0.4, -0.2) is 131 Å². The third-order valence-corrected chi connectivity index (χ3v) is 14.3. The highest BCUT2D eigenvalue weighted by Crippen LogP contribution is 2.50. The number of rotatable bonds is 6. The Morgan fingerprint density at radius 2 is 1.60 bits per heavy atom. The maximum Gasteiger partial charge on any atom is 0.320 e. The lowest BCUT2D eigenvalue weighted by molar-refractivity contribution is -0.155. The van der Waals surface area contributed by atoms with E-state index in [0.29, 0.717) is 63.1 Å². The van der Waals surface area contributed by atoms with Crippen molar-refractivity contribution in [3.05, 3.63) is 88.3 Å². The van der Waals surface area contributed by atoms with E-state index >= 15 is 0 Å². The van der Waals surface area contributed by atoms with Crippen molar-refractivity contribution in [1.82, 2.24) is 9.80 Å². The third kappa shape index (κ3) is 11.0. The van der Waals surface area contributed by atoms with Gasteiger partial charge in [0.1, 0.15) is 28.6 Å². The van der Waals surface area contributed by atoms with Crippen LogP contribution in [0.2, 0.25) is 0 Å². The molecule has 4 unspecified atom stereocenters. The van der Waals surface area contributed by atoms with Gasteiger partial charge in [0.2, 0.25) is 0 Å². The zero-order chi connectivity index (χ0) is 50.5. The summed E-state index contributed by atoms with van der Waals surface area (Å²) >= 11 is 0. The minimum Gasteiger partial charge on any atom is -0.507 e. The zero-order valence-corrected chi connectivity index (χ0v) is 42.0. The Labute approximate surface area is 411 Å². The van der Waals surface area contributed by atoms with E-state index < -0.39 is 47.0 Å². The number of ether oxygens (including phenoxy) is 3. The number of hydrogen-bond acceptors (Lipinski definition) is 15. The average Bonchev–Trinajstić information content (AvgIpc) is 3.85. The molecule has 3 aromatic carbocycles. The lowest BCUT2D eigenvalue weighted by atomic mass is 9.89. The SMILES string of the molecule is C/C1=C/C=C/C(C)CCC(O)[C@@H](C)C(OC(=O)CN2CCN(c3ccccc3)CC2)CC/C=C/OC2(C)Oc3c(C)c(O)c4c(O)c(c5c(c4c3C2=O)=NC2(CCN(CC(C)C)CC2)N=5)NC1=O.CO. The van der Waals surface area contributed by atoms with Crippen LogP contribution in [0.3, 0.4) is 0 Å². The van der Waals surface area contributed by atoms with E-state index in [2.05, 4.69) is 46.0 Å². The quantitative estimate of drug-likeness (QED) is 0.141. The molecule has 16 heteroatoms. The van der Waals surface area contributed by atoms with Gasteiger partial charge in [0, 0.05) is 101 Å². The molecule has 378 valence electrons. The maximum atomic E-state index is 14.7. The summed E-state index contributed by atoms with van der Waals surface area (Å²) < 4.78 is 18.6. The number of para-hydroxylation sites is 1. The minimum absolute atomic E-state index is 0.000915. The number of esters is 1. The Morgan fingerprint density at radius 1 is 0.914 bits per heavy atom. The molecule has 2 saturated heterocycles. The highest BCUT2D eigenvalue weighted by Gasteiger charge is 2.50. The van der Waals surface area contributed by atoms with E-state index in [-0.39, 0.29) is 68.2 Å². The normalized spacial score (nSPS) is 27.0. The van der Waals surface area contributed by atoms with Gasteiger partial charge in [-0.2, -0.15) is 0 Å². The van der Waals surface area contributed by atoms with Crippen LogP contribution in [-0.2, 0) is 19.1 Å². The van der Waals surface area contributed by atoms with Crippen molar-refractivity contribution < 1.29 is 49.0 Å². The van der Waals surface area contributed by atoms with E-state index in [1.165, 1.54) is 13.2 Å². The molecule has 0 aromatic heterocycles. The standard InChI is InChI=1S/C53H68N6O9.CH4O/c1-32(2)30-57-23-21-53(22-24-57)55-44-41-42-47(62)36(6)49-43(41)50(64)52(7,68-49)66-29-12-11-18-39(67-40(61)31-58-25-27-59(28-26-58)37-16-9-8-10-17-37)35(5)38(60)20-19-33(3)14-13-15-34(4)51(65)54-46(48(42)63)45(44)56-53;1-2/h8-10,12-17,29,32-33,35,38-39,60,62-63H,11,18-28,30-31H2,1-7H3,(H,54,65);2H,1H3/b14-13+,29-12+,34-15-;/t33?,35-,38?,39?,52?;/m1./s1. The molecule has 70 heavy (non-hydrogen) atoms. The number of phenols is 2. The largest absolute Gasteiger partial charge is 0.507 e. The third-order valence-electron chi connectivity index (χ3n) is 14.3. The first-order chi connectivity index (χ1) is 33.5. The van der Waals surface area contributed by atoms with Crippen LogP contribution >= 0.6 is 0 Å². The fraction of sp³-hybridized carbons (Fsp3) is 0.537. The summed E-state index contributed by atoms with van der Waals surface area (Å²) in [5.41, 5.74) is 0.871. The number of anilines is 2. The fourth-order valence-electron chi connectivity index (χ4n) is 10.1. The second-order valence-electron chi connectivity index (χ2n) is 20.0. The molecule has 16 nitrogen and oxygen atoms in total. The first-order valence-electron chi connectivity index (χ1n) is 24.8. The number of likely N-dealkylation sites (tertiary alicyclic amines) is 1. The summed E-state index contributed by atoms with van der Waals surface area (Å²) in [6, 6.07) is 10.2. The lowest BCUT2D eigenvalue weighted by Gasteiger charge is -2.36. The number of phenolic OH excluding ortho intramolecular Hbond substituents is 2. The molecule has 6 aliphatic rings. The van der Waals surface area contributed by atoms with Gasteiger partial charge in [0.25, 0.3) is 11.7 Å². The number of hydrogen-bond donors (Lipinski definition) is 5. The number of amides is 1. The van der Waals surface area contributed by atoms with Crippen LogP contribution in [0.5, 0.6) is 17.2 Å². The van der Waals surface area contributed by atoms with Gasteiger partial charge in [-0.05, 0) is 69.6 Å². The van der Waals surface area contributed by atoms with E-state index in [0.717, 1.165) is 45.5 Å². The Bertz CT molecular complexity index is 2630. The van der Waals surface area contributed by atoms with Crippen LogP contribution < -0.4 is 25.7 Å². The van der Waals surface area contributed by atoms with Crippen molar-refractivity contribution in [2.24, 2.45) is 27.7 Å². The van der Waals surface area contributed by atoms with Crippen LogP contribution in [0.15, 0.2) is 76.5 Å². The van der Waals surface area contributed by atoms with Gasteiger partial charge in [-0.15, -0.1) is 0 Å². The molecule has 3 aromatic rings. The Kier molecular flexibility index (Phi) is 16.4. The molecule has 9 rings (SSSR count). The topological polar surface area (TPSA) is 206 Å². The van der Waals surface area contributed by atoms with Crippen molar-refractivity contribution in [3.63, 3.8) is 0 Å². The van der Waals surface area contributed by atoms with Crippen molar-refractivity contribution >= 4 is 39.8 Å². The summed E-state index contributed by atoms with van der Waals surface area (Å²) in [5.74, 6) is -3.82. The number of piperidine rings is 1. The first-order valence-corrected chi connectivity index (χ1v) is 24.8. The molecule has 1 spiro atoms. The molecule has 6 aliphatic heterocycles. The predicted molar refractivity (Wildman–Crippen MR) is 269 cm³/mol. The maximum absolute atomic E-state index is 14.7. The van der Waals surface area contributed by atoms with Crippen LogP contribution in [0, 0.1) is 24.7 Å². The van der Waals surface area contributed by atoms with Gasteiger partial charge < -0.3 is 49.8 Å². The minimum atomic E-state index is -1.87. The van der Waals surface area contributed by atoms with Gasteiger partial charge in [0.05, 0.1) is 35.2 Å². The number of allylic oxidation sites excluding steroid dienone is 4. The number of Topliss-reactive ketones (excluding diaryl/α,β-unsaturated/α-hetero) is 1. The molecular formula is C54H72N6O10. The second-order valence-corrected chi connectivity index (χ2v) is 20.0. The van der Waals surface area contributed by atoms with Crippen molar-refractivity contribution in [3.8, 4) is 17.2 Å². The van der Waals surface area contributed by atoms with Crippen LogP contribution in [0.4, 0.5) is 11.4 Å². The molecule has 5 N–H and O–H groups in total. The monoisotopic (exact) mass is 965 g/mol. The number of carbonyl (C=O) groups is 3. The number of ketones is 1. The summed E-state index contributed by atoms with van der Waals surface area (Å²) in [7, 11) is 1.00. The van der Waals surface area contributed by atoms with Gasteiger partial charge in [-0.3, -0.25) is 29.3 Å². The molecule has 0 radical (unpaired) electrons. The summed E-state index contributed by atoms with van der Waals surface area (Å²) in [6.45, 7) is 18.6. The Balaban J connectivity index is 0.00000356. The van der Waals surface area contributed by atoms with E-state index in [1.807, 2.05) is 38.1 Å². The number of benzene rings is 3. The molecule has 0 aliphatic carbocycles. The number of aliphatic hydroxyl groups excluding tert-OH is 2. The van der Waals surface area contributed by atoms with E-state index in [4.69, 9.17) is 29.3 Å². The first kappa shape index (κ1) is 52.0. The van der Waals surface area contributed by atoms with E-state index in [1.54, 1.807) is 32.1 Å². The Hall–Kier alpha value is -5.81. The molecular weight excluding hydrogens is 893 g/mol. The summed E-state index contributed by atoms with van der Waals surface area (Å²) in [4.78, 5) is 59.4. The van der Waals surface area contributed by atoms with Crippen molar-refractivity contribution in [2.45, 2.75) is 111 Å². The number of piperazine rings is 1. The highest BCUT2D eigenvalue weighted by atomic mass is 16.7. The highest BCUT2D eigenvalue weighted by molar-refractivity contribution is 6.19. The molecule has 6 heterocycles. The number of nitrogens with zero attached hydrogens (tertiary/aromatic N) is 5. The van der Waals surface area contributed by atoms with Gasteiger partial charge in [-0.25, -0.2) is 0 Å². The van der Waals surface area contributed by atoms with Gasteiger partial charge in [0.15, 0.2) is 11.4 Å². The molecule has 0 saturated carbocycles. The lowest BCUT2D eigenvalue weighted by Crippen LogP contribution is -2.48. The summed E-state index contributed by atoms with van der Waals surface area (Å²) in [5, 5.41) is 46.0. The van der Waals surface area contributed by atoms with Gasteiger partial charge in [-0.1, -0.05) is 64.1 Å². The molecule has 1 amide bonds. The molecule has 5 bridgehead atoms. The number of nitrogens with one attached hydrogen (secondary N) is 1. The number of aromatic hydroxyl groups is 2. The predicted octanol–water partition coefficient (Wildman–Crippen LogP) is 6.07. The van der Waals surface area contributed by atoms with Crippen molar-refractivity contribution in [1.29, 1.82) is 0 Å². The fourth-order valence-corrected chi connectivity index (χ4v) is 10.1. The van der Waals surface area contributed by atoms with Gasteiger partial charge >= 0.3 is 11.8 Å². The number of carbonyl (C=O) groups excluding carboxylic acids is 3. The number of fused-ring (bicyclic) bond motifs is 13. The van der Waals surface area contributed by atoms with Crippen LogP contribution in [0.1, 0.15) is 96.0 Å². The summed E-state index contributed by atoms with van der Waals surface area (Å²) in [6.07, 6.45) is 10.2. The second kappa shape index (κ2) is 22.1. The Morgan fingerprint density at radius 3 is 2.29 bits per heavy atom. The zero-order valence-electron chi connectivity index (χ0n) is 42.0. The number of aliphatic hydroxyl groups is 2. The van der Waals surface area contributed by atoms with E-state index in [9.17, 15) is 29.7 Å².